The monoisotopic (exact) mass is 233 g/mol. The molecule has 0 saturated heterocycles. The fourth-order valence-corrected chi connectivity index (χ4v) is 1.88. The number of fused-ring (bicyclic) bond motifs is 1. The molecule has 0 N–H and O–H groups in total. The van der Waals surface area contributed by atoms with Gasteiger partial charge in [-0.05, 0) is 23.8 Å². The Bertz CT molecular complexity index is 684. The summed E-state index contributed by atoms with van der Waals surface area (Å²) in [5, 5.41) is 1.12. The van der Waals surface area contributed by atoms with E-state index in [4.69, 9.17) is 4.42 Å². The number of benzene rings is 2. The molecule has 0 aliphatic heterocycles. The first kappa shape index (κ1) is 10.7. The van der Waals surface area contributed by atoms with Crippen LogP contribution in [0, 0.1) is 0 Å². The van der Waals surface area contributed by atoms with Crippen molar-refractivity contribution in [3.05, 3.63) is 78.1 Å². The molecule has 3 aromatic rings. The lowest BCUT2D eigenvalue weighted by Crippen LogP contribution is -1.75. The number of rotatable bonds is 2. The molecule has 18 heavy (non-hydrogen) atoms. The molecule has 0 aliphatic carbocycles. The third-order valence-corrected chi connectivity index (χ3v) is 2.81. The zero-order chi connectivity index (χ0) is 12.2. The molecule has 0 amide bonds. The summed E-state index contributed by atoms with van der Waals surface area (Å²) in [6.07, 6.45) is 4.04. The number of para-hydroxylation sites is 1. The lowest BCUT2D eigenvalue weighted by Gasteiger charge is -1.89. The van der Waals surface area contributed by atoms with Crippen LogP contribution in [0.25, 0.3) is 23.1 Å². The van der Waals surface area contributed by atoms with Gasteiger partial charge in [0.25, 0.3) is 0 Å². The van der Waals surface area contributed by atoms with Crippen LogP contribution in [0.15, 0.2) is 71.1 Å². The predicted molar refractivity (Wildman–Crippen MR) is 76.0 cm³/mol. The first-order valence-electron chi connectivity index (χ1n) is 5.97. The highest BCUT2D eigenvalue weighted by Gasteiger charge is 2.07. The molecule has 1 heteroatoms. The van der Waals surface area contributed by atoms with Gasteiger partial charge in [-0.2, -0.15) is 0 Å². The van der Waals surface area contributed by atoms with Crippen molar-refractivity contribution in [3.8, 4) is 0 Å². The molecule has 1 heterocycles. The van der Waals surface area contributed by atoms with Crippen LogP contribution >= 0.6 is 0 Å². The minimum absolute atomic E-state index is 0.859. The van der Waals surface area contributed by atoms with E-state index in [1.54, 1.807) is 0 Å². The van der Waals surface area contributed by atoms with Crippen LogP contribution in [0.1, 0.15) is 11.3 Å². The smallest absolute Gasteiger partial charge is 0.208 e. The van der Waals surface area contributed by atoms with Gasteiger partial charge in [0.1, 0.15) is 0 Å². The predicted octanol–water partition coefficient (Wildman–Crippen LogP) is 4.88. The van der Waals surface area contributed by atoms with Crippen LogP contribution in [0.3, 0.4) is 0 Å². The summed E-state index contributed by atoms with van der Waals surface area (Å²) in [7, 11) is 0. The van der Waals surface area contributed by atoms with Gasteiger partial charge in [0.2, 0.25) is 0 Å². The molecule has 3 rings (SSSR count). The minimum atomic E-state index is 0.859. The first-order valence-corrected chi connectivity index (χ1v) is 5.97. The Balaban J connectivity index is 1.93. The summed E-state index contributed by atoms with van der Waals surface area (Å²) in [5.41, 5.74) is 2.08. The van der Waals surface area contributed by atoms with E-state index in [1.807, 2.05) is 60.7 Å². The maximum atomic E-state index is 5.80. The third kappa shape index (κ3) is 2.30. The van der Waals surface area contributed by atoms with Crippen LogP contribution in [0.2, 0.25) is 0 Å². The SMILES string of the molecule is C(=C\c1ccc2ccccc2[o+]1)/c1ccccc1. The molecule has 0 unspecified atom stereocenters. The maximum Gasteiger partial charge on any atom is 0.360 e. The van der Waals surface area contributed by atoms with E-state index in [-0.39, 0.29) is 0 Å². The van der Waals surface area contributed by atoms with E-state index in [0.29, 0.717) is 0 Å². The molecule has 2 aromatic carbocycles. The molecule has 1 aromatic heterocycles. The van der Waals surface area contributed by atoms with Crippen molar-refractivity contribution in [3.63, 3.8) is 0 Å². The average molecular weight is 233 g/mol. The van der Waals surface area contributed by atoms with E-state index in [2.05, 4.69) is 18.2 Å². The fourth-order valence-electron chi connectivity index (χ4n) is 1.88. The molecular weight excluding hydrogens is 220 g/mol. The minimum Gasteiger partial charge on any atom is -0.208 e. The maximum absolute atomic E-state index is 5.80. The van der Waals surface area contributed by atoms with Gasteiger partial charge in [-0.15, -0.1) is 0 Å². The standard InChI is InChI=1S/C17H13O/c1-2-6-14(7-3-1)10-12-16-13-11-15-8-4-5-9-17(15)18-16/h1-13H/q+1/b12-10+. The van der Waals surface area contributed by atoms with Crippen molar-refractivity contribution in [1.29, 1.82) is 0 Å². The van der Waals surface area contributed by atoms with Gasteiger partial charge in [-0.1, -0.05) is 42.5 Å². The number of hydrogen-bond donors (Lipinski definition) is 0. The Hall–Kier alpha value is -2.41. The largest absolute Gasteiger partial charge is 0.360 e. The Labute approximate surface area is 106 Å². The van der Waals surface area contributed by atoms with Crippen molar-refractivity contribution >= 4 is 23.1 Å². The van der Waals surface area contributed by atoms with E-state index in [9.17, 15) is 0 Å². The molecule has 0 fully saturated rings. The van der Waals surface area contributed by atoms with Gasteiger partial charge in [-0.3, -0.25) is 0 Å². The first-order chi connectivity index (χ1) is 8.92. The molecule has 0 saturated carbocycles. The van der Waals surface area contributed by atoms with Crippen molar-refractivity contribution in [2.75, 3.05) is 0 Å². The van der Waals surface area contributed by atoms with Crippen molar-refractivity contribution in [2.24, 2.45) is 0 Å². The highest BCUT2D eigenvalue weighted by atomic mass is 16.3. The highest BCUT2D eigenvalue weighted by molar-refractivity contribution is 5.78. The van der Waals surface area contributed by atoms with Crippen molar-refractivity contribution < 1.29 is 4.42 Å². The van der Waals surface area contributed by atoms with Gasteiger partial charge in [0.05, 0.1) is 5.39 Å². The molecule has 0 radical (unpaired) electrons. The Kier molecular flexibility index (Phi) is 2.89. The molecule has 1 nitrogen and oxygen atoms in total. The van der Waals surface area contributed by atoms with Gasteiger partial charge in [0.15, 0.2) is 0 Å². The normalized spacial score (nSPS) is 11.1. The lowest BCUT2D eigenvalue weighted by atomic mass is 10.2. The zero-order valence-corrected chi connectivity index (χ0v) is 9.91. The number of hydrogen-bond acceptors (Lipinski definition) is 0. The second-order valence-electron chi connectivity index (χ2n) is 4.12. The quantitative estimate of drug-likeness (QED) is 0.574. The Morgan fingerprint density at radius 1 is 0.667 bits per heavy atom. The van der Waals surface area contributed by atoms with E-state index >= 15 is 0 Å². The summed E-state index contributed by atoms with van der Waals surface area (Å²) in [6.45, 7) is 0. The Morgan fingerprint density at radius 2 is 1.44 bits per heavy atom. The van der Waals surface area contributed by atoms with Crippen LogP contribution < -0.4 is 0 Å². The van der Waals surface area contributed by atoms with Crippen molar-refractivity contribution in [2.45, 2.75) is 0 Å². The fraction of sp³-hybridized carbons (Fsp3) is 0. The summed E-state index contributed by atoms with van der Waals surface area (Å²) in [6, 6.07) is 22.3. The lowest BCUT2D eigenvalue weighted by molar-refractivity contribution is 0.592. The van der Waals surface area contributed by atoms with Crippen LogP contribution in [0.4, 0.5) is 0 Å². The van der Waals surface area contributed by atoms with Crippen LogP contribution in [0.5, 0.6) is 0 Å². The van der Waals surface area contributed by atoms with Crippen LogP contribution in [-0.4, -0.2) is 0 Å². The second-order valence-corrected chi connectivity index (χ2v) is 4.12. The molecular formula is C17H13O+. The summed E-state index contributed by atoms with van der Waals surface area (Å²) in [5.74, 6) is 0.859. The summed E-state index contributed by atoms with van der Waals surface area (Å²) >= 11 is 0. The van der Waals surface area contributed by atoms with E-state index in [1.165, 1.54) is 5.56 Å². The van der Waals surface area contributed by atoms with E-state index in [0.717, 1.165) is 16.7 Å². The average Bonchev–Trinajstić information content (AvgIpc) is 2.46. The summed E-state index contributed by atoms with van der Waals surface area (Å²) in [4.78, 5) is 0. The Morgan fingerprint density at radius 3 is 2.33 bits per heavy atom. The molecule has 0 aliphatic rings. The topological polar surface area (TPSA) is 11.3 Å². The second kappa shape index (κ2) is 4.84. The van der Waals surface area contributed by atoms with Crippen LogP contribution in [-0.2, 0) is 0 Å². The molecule has 0 spiro atoms. The highest BCUT2D eigenvalue weighted by Crippen LogP contribution is 2.17. The van der Waals surface area contributed by atoms with Gasteiger partial charge in [-0.25, -0.2) is 4.42 Å². The zero-order valence-electron chi connectivity index (χ0n) is 9.91. The van der Waals surface area contributed by atoms with Gasteiger partial charge in [0, 0.05) is 18.2 Å². The van der Waals surface area contributed by atoms with Gasteiger partial charge < -0.3 is 0 Å². The third-order valence-electron chi connectivity index (χ3n) is 2.81. The molecule has 0 bridgehead atoms. The molecule has 86 valence electrons. The van der Waals surface area contributed by atoms with Gasteiger partial charge >= 0.3 is 11.3 Å². The summed E-state index contributed by atoms with van der Waals surface area (Å²) < 4.78 is 5.80. The van der Waals surface area contributed by atoms with Crippen molar-refractivity contribution in [1.82, 2.24) is 0 Å². The molecule has 0 atom stereocenters. The van der Waals surface area contributed by atoms with E-state index < -0.39 is 0 Å².